The van der Waals surface area contributed by atoms with Gasteiger partial charge in [0.05, 0.1) is 12.0 Å². The van der Waals surface area contributed by atoms with Crippen LogP contribution in [0.25, 0.3) is 10.9 Å². The van der Waals surface area contributed by atoms with E-state index in [1.165, 1.54) is 6.08 Å². The molecule has 43 heavy (non-hydrogen) atoms. The summed E-state index contributed by atoms with van der Waals surface area (Å²) in [7, 11) is 0. The van der Waals surface area contributed by atoms with Gasteiger partial charge < -0.3 is 25.7 Å². The minimum Gasteiger partial charge on any atom is -0.466 e. The van der Waals surface area contributed by atoms with Crippen LogP contribution >= 0.6 is 0 Å². The van der Waals surface area contributed by atoms with Crippen LogP contribution in [0.5, 0.6) is 0 Å². The third-order valence-electron chi connectivity index (χ3n) is 7.81. The van der Waals surface area contributed by atoms with Gasteiger partial charge in [0.15, 0.2) is 0 Å². The largest absolute Gasteiger partial charge is 0.466 e. The number of ether oxygens (including phenoxy) is 1. The number of fused-ring (bicyclic) bond motifs is 1. The lowest BCUT2D eigenvalue weighted by Crippen LogP contribution is -2.56. The molecule has 3 aromatic rings. The first-order valence-electron chi connectivity index (χ1n) is 14.8. The Morgan fingerprint density at radius 3 is 2.53 bits per heavy atom. The van der Waals surface area contributed by atoms with Gasteiger partial charge in [0.25, 0.3) is 0 Å². The van der Waals surface area contributed by atoms with E-state index in [9.17, 15) is 14.4 Å². The lowest BCUT2D eigenvalue weighted by Gasteiger charge is -2.42. The molecule has 1 fully saturated rings. The molecule has 232 valence electrons. The van der Waals surface area contributed by atoms with E-state index in [2.05, 4.69) is 10.3 Å². The van der Waals surface area contributed by atoms with E-state index >= 15 is 0 Å². The predicted molar refractivity (Wildman–Crippen MR) is 172 cm³/mol. The van der Waals surface area contributed by atoms with Gasteiger partial charge in [0.1, 0.15) is 6.04 Å². The highest BCUT2D eigenvalue weighted by Crippen LogP contribution is 2.36. The molecule has 0 saturated carbocycles. The highest BCUT2D eigenvalue weighted by Gasteiger charge is 2.45. The highest BCUT2D eigenvalue weighted by molar-refractivity contribution is 5.94. The molecule has 4 N–H and O–H groups in total. The minimum absolute atomic E-state index is 0. The van der Waals surface area contributed by atoms with Crippen LogP contribution in [-0.4, -0.2) is 58.9 Å². The number of hydrogen-bond donors (Lipinski definition) is 3. The number of benzene rings is 2. The Hall–Kier alpha value is -3.91. The second-order valence-electron chi connectivity index (χ2n) is 12.3. The molecule has 2 aromatic carbocycles. The fraction of sp³-hybridized carbons (Fsp3) is 0.457. The van der Waals surface area contributed by atoms with E-state index in [4.69, 9.17) is 10.5 Å². The van der Waals surface area contributed by atoms with Crippen molar-refractivity contribution in [3.05, 3.63) is 83.6 Å². The molecule has 2 amide bonds. The number of carbonyl (C=O) groups excluding carboxylic acids is 3. The van der Waals surface area contributed by atoms with Crippen molar-refractivity contribution in [2.24, 2.45) is 11.1 Å². The average molecular weight is 589 g/mol. The van der Waals surface area contributed by atoms with E-state index in [0.717, 1.165) is 27.6 Å². The Morgan fingerprint density at radius 2 is 1.84 bits per heavy atom. The Labute approximate surface area is 256 Å². The molecule has 0 radical (unpaired) electrons. The zero-order valence-corrected chi connectivity index (χ0v) is 25.2. The van der Waals surface area contributed by atoms with Crippen molar-refractivity contribution in [3.8, 4) is 0 Å². The summed E-state index contributed by atoms with van der Waals surface area (Å²) in [5, 5.41) is 3.99. The molecule has 0 unspecified atom stereocenters. The zero-order valence-electron chi connectivity index (χ0n) is 25.2. The number of nitrogens with zero attached hydrogens (tertiary/aromatic N) is 1. The van der Waals surface area contributed by atoms with E-state index in [-0.39, 0.29) is 38.4 Å². The van der Waals surface area contributed by atoms with E-state index < -0.39 is 17.0 Å². The number of nitrogens with one attached hydrogen (secondary N) is 2. The third-order valence-corrected chi connectivity index (χ3v) is 7.81. The number of hydrogen-bond acceptors (Lipinski definition) is 5. The normalized spacial score (nSPS) is 18.1. The number of amides is 2. The quantitative estimate of drug-likeness (QED) is 0.207. The van der Waals surface area contributed by atoms with Gasteiger partial charge in [-0.05, 0) is 70.6 Å². The van der Waals surface area contributed by atoms with Gasteiger partial charge in [0, 0.05) is 48.2 Å². The second kappa shape index (κ2) is 14.5. The summed E-state index contributed by atoms with van der Waals surface area (Å²) in [6, 6.07) is 16.9. The standard InChI is InChI=1S/C34H44N4O4.CH4/c1-5-42-32(41)34(21-25-12-7-6-8-13-25)16-11-17-38(23-34)31(40)29(37-30(39)18-24(2)20-33(3,4)35)19-26-22-36-28-15-10-9-14-27(26)28;/h6-10,12-15,18,22,29,36H,5,11,16-17,19-21,23,35H2,1-4H3,(H,37,39);1H4/b24-18+;/t29-,34+;/m1./s1. The van der Waals surface area contributed by atoms with Gasteiger partial charge >= 0.3 is 5.97 Å². The summed E-state index contributed by atoms with van der Waals surface area (Å²) in [6.45, 7) is 8.50. The summed E-state index contributed by atoms with van der Waals surface area (Å²) < 4.78 is 5.56. The molecule has 8 heteroatoms. The fourth-order valence-corrected chi connectivity index (χ4v) is 6.12. The maximum Gasteiger partial charge on any atom is 0.314 e. The van der Waals surface area contributed by atoms with Gasteiger partial charge in [-0.25, -0.2) is 0 Å². The van der Waals surface area contributed by atoms with Crippen molar-refractivity contribution in [1.29, 1.82) is 0 Å². The zero-order chi connectivity index (χ0) is 30.3. The van der Waals surface area contributed by atoms with Crippen molar-refractivity contribution < 1.29 is 19.1 Å². The predicted octanol–water partition coefficient (Wildman–Crippen LogP) is 5.32. The molecule has 0 bridgehead atoms. The number of aromatic amines is 1. The number of aromatic nitrogens is 1. The van der Waals surface area contributed by atoms with Crippen molar-refractivity contribution in [2.45, 2.75) is 78.8 Å². The summed E-state index contributed by atoms with van der Waals surface area (Å²) in [5.41, 5.74) is 8.60. The van der Waals surface area contributed by atoms with Crippen LogP contribution in [-0.2, 0) is 32.0 Å². The topological polar surface area (TPSA) is 118 Å². The lowest BCUT2D eigenvalue weighted by atomic mass is 9.75. The van der Waals surface area contributed by atoms with E-state index in [0.29, 0.717) is 38.6 Å². The van der Waals surface area contributed by atoms with Crippen molar-refractivity contribution in [3.63, 3.8) is 0 Å². The average Bonchev–Trinajstić information content (AvgIpc) is 3.34. The van der Waals surface area contributed by atoms with Crippen LogP contribution in [0.2, 0.25) is 0 Å². The first kappa shape index (κ1) is 33.6. The Bertz CT molecular complexity index is 1420. The van der Waals surface area contributed by atoms with Crippen molar-refractivity contribution >= 4 is 28.7 Å². The van der Waals surface area contributed by atoms with Gasteiger partial charge in [-0.1, -0.05) is 61.5 Å². The van der Waals surface area contributed by atoms with Gasteiger partial charge in [-0.2, -0.15) is 0 Å². The van der Waals surface area contributed by atoms with Gasteiger partial charge in [-0.3, -0.25) is 14.4 Å². The molecule has 1 aliphatic heterocycles. The van der Waals surface area contributed by atoms with Crippen LogP contribution in [0, 0.1) is 5.41 Å². The molecular formula is C35H48N4O4. The Balaban J connectivity index is 0.00000506. The third kappa shape index (κ3) is 8.80. The smallest absolute Gasteiger partial charge is 0.314 e. The van der Waals surface area contributed by atoms with Crippen LogP contribution in [0.3, 0.4) is 0 Å². The van der Waals surface area contributed by atoms with E-state index in [1.54, 1.807) is 11.8 Å². The van der Waals surface area contributed by atoms with Gasteiger partial charge in [-0.15, -0.1) is 0 Å². The van der Waals surface area contributed by atoms with Crippen LogP contribution < -0.4 is 11.1 Å². The number of piperidine rings is 1. The Kier molecular flexibility index (Phi) is 11.3. The van der Waals surface area contributed by atoms with Crippen molar-refractivity contribution in [1.82, 2.24) is 15.2 Å². The summed E-state index contributed by atoms with van der Waals surface area (Å²) in [6.07, 6.45) is 6.05. The first-order valence-corrected chi connectivity index (χ1v) is 14.8. The molecule has 0 spiro atoms. The second-order valence-corrected chi connectivity index (χ2v) is 12.3. The number of likely N-dealkylation sites (tertiary alicyclic amines) is 1. The van der Waals surface area contributed by atoms with Crippen LogP contribution in [0.4, 0.5) is 0 Å². The van der Waals surface area contributed by atoms with Crippen LogP contribution in [0.15, 0.2) is 72.4 Å². The number of esters is 1. The molecule has 1 aliphatic rings. The number of H-pyrrole nitrogens is 1. The van der Waals surface area contributed by atoms with Crippen molar-refractivity contribution in [2.75, 3.05) is 19.7 Å². The molecule has 1 aromatic heterocycles. The monoisotopic (exact) mass is 588 g/mol. The van der Waals surface area contributed by atoms with E-state index in [1.807, 2.05) is 81.6 Å². The fourth-order valence-electron chi connectivity index (χ4n) is 6.12. The first-order chi connectivity index (χ1) is 20.0. The molecule has 8 nitrogen and oxygen atoms in total. The molecule has 4 rings (SSSR count). The maximum atomic E-state index is 14.2. The summed E-state index contributed by atoms with van der Waals surface area (Å²) in [5.74, 6) is -0.834. The summed E-state index contributed by atoms with van der Waals surface area (Å²) in [4.78, 5) is 45.9. The molecule has 2 heterocycles. The Morgan fingerprint density at radius 1 is 1.14 bits per heavy atom. The molecule has 1 saturated heterocycles. The summed E-state index contributed by atoms with van der Waals surface area (Å²) >= 11 is 0. The molecule has 0 aliphatic carbocycles. The van der Waals surface area contributed by atoms with Crippen LogP contribution in [0.1, 0.15) is 65.5 Å². The number of nitrogens with two attached hydrogens (primary N) is 1. The molecular weight excluding hydrogens is 540 g/mol. The van der Waals surface area contributed by atoms with Gasteiger partial charge in [0.2, 0.25) is 11.8 Å². The SMILES string of the molecule is C.CCOC(=O)[C@]1(Cc2ccccc2)CCCN(C(=O)[C@@H](Cc2c[nH]c3ccccc23)NC(=O)/C=C(\C)CC(C)(C)N)C1. The minimum atomic E-state index is -0.857. The number of rotatable bonds is 11. The molecule has 2 atom stereocenters. The number of para-hydroxylation sites is 1. The highest BCUT2D eigenvalue weighted by atomic mass is 16.5. The maximum absolute atomic E-state index is 14.2. The lowest BCUT2D eigenvalue weighted by molar-refractivity contribution is -0.161. The number of carbonyl (C=O) groups is 3.